The fraction of sp³-hybridized carbons (Fsp3) is 0.562. The van der Waals surface area contributed by atoms with Crippen molar-refractivity contribution in [3.05, 3.63) is 29.3 Å². The predicted molar refractivity (Wildman–Crippen MR) is 78.2 cm³/mol. The number of carboxylic acid groups (broad SMARTS) is 1. The number of aromatic carboxylic acids is 1. The summed E-state index contributed by atoms with van der Waals surface area (Å²) in [5.74, 6) is 1.25. The van der Waals surface area contributed by atoms with Crippen LogP contribution in [0.25, 0.3) is 0 Å². The summed E-state index contributed by atoms with van der Waals surface area (Å²) < 4.78 is 5.36. The van der Waals surface area contributed by atoms with Gasteiger partial charge in [0, 0.05) is 25.2 Å². The molecule has 0 aliphatic carbocycles. The Balaban J connectivity index is 2.18. The molecule has 0 bridgehead atoms. The molecule has 2 unspecified atom stereocenters. The van der Waals surface area contributed by atoms with Gasteiger partial charge < -0.3 is 9.84 Å². The molecule has 1 fully saturated rings. The van der Waals surface area contributed by atoms with E-state index >= 15 is 0 Å². The summed E-state index contributed by atoms with van der Waals surface area (Å²) in [6.45, 7) is 7.41. The first-order valence-electron chi connectivity index (χ1n) is 7.12. The Labute approximate surface area is 120 Å². The third-order valence-corrected chi connectivity index (χ3v) is 3.87. The smallest absolute Gasteiger partial charge is 0.335 e. The van der Waals surface area contributed by atoms with E-state index in [0.29, 0.717) is 17.4 Å². The summed E-state index contributed by atoms with van der Waals surface area (Å²) in [7, 11) is 1.63. The van der Waals surface area contributed by atoms with Crippen LogP contribution in [0.3, 0.4) is 0 Å². The number of benzene rings is 1. The lowest BCUT2D eigenvalue weighted by molar-refractivity contribution is 0.0696. The van der Waals surface area contributed by atoms with Gasteiger partial charge in [0.15, 0.2) is 0 Å². The number of nitrogens with zero attached hydrogens (tertiary/aromatic N) is 1. The van der Waals surface area contributed by atoms with Crippen LogP contribution in [0.4, 0.5) is 0 Å². The van der Waals surface area contributed by atoms with Crippen LogP contribution >= 0.6 is 0 Å². The van der Waals surface area contributed by atoms with Crippen molar-refractivity contribution < 1.29 is 14.6 Å². The van der Waals surface area contributed by atoms with Gasteiger partial charge in [-0.25, -0.2) is 4.79 Å². The zero-order chi connectivity index (χ0) is 14.7. The minimum atomic E-state index is -0.894. The van der Waals surface area contributed by atoms with Gasteiger partial charge in [-0.2, -0.15) is 0 Å². The highest BCUT2D eigenvalue weighted by atomic mass is 16.5. The Hall–Kier alpha value is -1.55. The average molecular weight is 277 g/mol. The molecule has 0 aromatic heterocycles. The van der Waals surface area contributed by atoms with Gasteiger partial charge in [-0.3, -0.25) is 4.90 Å². The molecule has 110 valence electrons. The molecule has 0 radical (unpaired) electrons. The van der Waals surface area contributed by atoms with Crippen molar-refractivity contribution in [3.63, 3.8) is 0 Å². The number of ether oxygens (including phenoxy) is 1. The lowest BCUT2D eigenvalue weighted by atomic mass is 9.91. The fourth-order valence-electron chi connectivity index (χ4n) is 3.20. The first-order chi connectivity index (χ1) is 9.49. The molecule has 0 spiro atoms. The minimum absolute atomic E-state index is 0.318. The number of rotatable bonds is 4. The lowest BCUT2D eigenvalue weighted by Crippen LogP contribution is -2.38. The molecule has 4 nitrogen and oxygen atoms in total. The maximum atomic E-state index is 11.1. The van der Waals surface area contributed by atoms with E-state index in [1.165, 1.54) is 6.42 Å². The zero-order valence-corrected chi connectivity index (χ0v) is 12.4. The van der Waals surface area contributed by atoms with Gasteiger partial charge in [-0.05, 0) is 36.5 Å². The van der Waals surface area contributed by atoms with Gasteiger partial charge in [-0.15, -0.1) is 0 Å². The second-order valence-electron chi connectivity index (χ2n) is 5.97. The van der Waals surface area contributed by atoms with Crippen molar-refractivity contribution in [2.45, 2.75) is 26.8 Å². The molecule has 20 heavy (non-hydrogen) atoms. The molecule has 1 N–H and O–H groups in total. The molecule has 0 amide bonds. The third kappa shape index (κ3) is 3.51. The van der Waals surface area contributed by atoms with Crippen LogP contribution in [0.2, 0.25) is 0 Å². The molecule has 2 rings (SSSR count). The Morgan fingerprint density at radius 1 is 1.35 bits per heavy atom. The van der Waals surface area contributed by atoms with E-state index in [4.69, 9.17) is 9.84 Å². The van der Waals surface area contributed by atoms with E-state index in [2.05, 4.69) is 18.7 Å². The zero-order valence-electron chi connectivity index (χ0n) is 12.4. The summed E-state index contributed by atoms with van der Waals surface area (Å²) >= 11 is 0. The van der Waals surface area contributed by atoms with Gasteiger partial charge in [-0.1, -0.05) is 13.8 Å². The molecule has 1 aromatic rings. The van der Waals surface area contributed by atoms with Crippen molar-refractivity contribution in [2.24, 2.45) is 11.8 Å². The molecule has 1 aromatic carbocycles. The van der Waals surface area contributed by atoms with E-state index in [-0.39, 0.29) is 0 Å². The van der Waals surface area contributed by atoms with Gasteiger partial charge in [0.2, 0.25) is 0 Å². The predicted octanol–water partition coefficient (Wildman–Crippen LogP) is 2.87. The monoisotopic (exact) mass is 277 g/mol. The van der Waals surface area contributed by atoms with Crippen LogP contribution in [-0.2, 0) is 6.54 Å². The van der Waals surface area contributed by atoms with Gasteiger partial charge >= 0.3 is 5.97 Å². The molecular formula is C16H23NO3. The van der Waals surface area contributed by atoms with Crippen LogP contribution in [-0.4, -0.2) is 36.2 Å². The van der Waals surface area contributed by atoms with Crippen LogP contribution in [0.15, 0.2) is 18.2 Å². The van der Waals surface area contributed by atoms with Crippen LogP contribution in [0, 0.1) is 11.8 Å². The topological polar surface area (TPSA) is 49.8 Å². The van der Waals surface area contributed by atoms with Crippen molar-refractivity contribution in [3.8, 4) is 5.75 Å². The van der Waals surface area contributed by atoms with Crippen LogP contribution in [0.1, 0.15) is 36.2 Å². The Morgan fingerprint density at radius 3 is 2.55 bits per heavy atom. The Kier molecular flexibility index (Phi) is 4.65. The maximum Gasteiger partial charge on any atom is 0.335 e. The quantitative estimate of drug-likeness (QED) is 0.919. The van der Waals surface area contributed by atoms with Gasteiger partial charge in [0.25, 0.3) is 0 Å². The number of hydrogen-bond donors (Lipinski definition) is 1. The number of methoxy groups -OCH3 is 1. The number of carbonyl (C=O) groups is 1. The highest BCUT2D eigenvalue weighted by molar-refractivity contribution is 5.88. The summed E-state index contributed by atoms with van der Waals surface area (Å²) in [6.07, 6.45) is 1.27. The summed E-state index contributed by atoms with van der Waals surface area (Å²) in [5.41, 5.74) is 1.27. The van der Waals surface area contributed by atoms with Crippen LogP contribution in [0.5, 0.6) is 5.75 Å². The largest absolute Gasteiger partial charge is 0.496 e. The fourth-order valence-corrected chi connectivity index (χ4v) is 3.20. The van der Waals surface area contributed by atoms with Gasteiger partial charge in [0.1, 0.15) is 5.75 Å². The highest BCUT2D eigenvalue weighted by Gasteiger charge is 2.22. The second kappa shape index (κ2) is 6.27. The summed E-state index contributed by atoms with van der Waals surface area (Å²) in [5, 5.41) is 9.11. The number of likely N-dealkylation sites (tertiary alicyclic amines) is 1. The SMILES string of the molecule is COc1ccc(C(=O)O)cc1CN1CC(C)CC(C)C1. The Bertz CT molecular complexity index is 477. The van der Waals surface area contributed by atoms with Crippen molar-refractivity contribution in [1.29, 1.82) is 0 Å². The molecular weight excluding hydrogens is 254 g/mol. The summed E-state index contributed by atoms with van der Waals surface area (Å²) in [6, 6.07) is 5.06. The normalized spacial score (nSPS) is 23.6. The first-order valence-corrected chi connectivity index (χ1v) is 7.12. The van der Waals surface area contributed by atoms with E-state index in [9.17, 15) is 4.79 Å². The molecule has 2 atom stereocenters. The highest BCUT2D eigenvalue weighted by Crippen LogP contribution is 2.26. The van der Waals surface area contributed by atoms with E-state index in [1.54, 1.807) is 25.3 Å². The molecule has 0 saturated carbocycles. The van der Waals surface area contributed by atoms with E-state index in [1.807, 2.05) is 0 Å². The molecule has 4 heteroatoms. The molecule has 1 aliphatic rings. The molecule has 1 saturated heterocycles. The molecule has 1 aliphatic heterocycles. The number of carboxylic acids is 1. The maximum absolute atomic E-state index is 11.1. The van der Waals surface area contributed by atoms with Crippen molar-refractivity contribution in [1.82, 2.24) is 4.90 Å². The van der Waals surface area contributed by atoms with E-state index < -0.39 is 5.97 Å². The Morgan fingerprint density at radius 2 is 2.00 bits per heavy atom. The first kappa shape index (κ1) is 14.9. The van der Waals surface area contributed by atoms with Crippen LogP contribution < -0.4 is 4.74 Å². The second-order valence-corrected chi connectivity index (χ2v) is 5.97. The van der Waals surface area contributed by atoms with Crippen molar-refractivity contribution in [2.75, 3.05) is 20.2 Å². The number of hydrogen-bond acceptors (Lipinski definition) is 3. The average Bonchev–Trinajstić information content (AvgIpc) is 2.37. The summed E-state index contributed by atoms with van der Waals surface area (Å²) in [4.78, 5) is 13.5. The minimum Gasteiger partial charge on any atom is -0.496 e. The standard InChI is InChI=1S/C16H23NO3/c1-11-6-12(2)9-17(8-11)10-14-7-13(16(18)19)4-5-15(14)20-3/h4-5,7,11-12H,6,8-10H2,1-3H3,(H,18,19). The third-order valence-electron chi connectivity index (χ3n) is 3.87. The number of piperidine rings is 1. The lowest BCUT2D eigenvalue weighted by Gasteiger charge is -2.35. The van der Waals surface area contributed by atoms with Gasteiger partial charge in [0.05, 0.1) is 12.7 Å². The van der Waals surface area contributed by atoms with Crippen molar-refractivity contribution >= 4 is 5.97 Å². The molecule has 1 heterocycles. The van der Waals surface area contributed by atoms with E-state index in [0.717, 1.165) is 30.9 Å².